The highest BCUT2D eigenvalue weighted by molar-refractivity contribution is 4.69. The van der Waals surface area contributed by atoms with Crippen LogP contribution in [-0.4, -0.2) is 12.1 Å². The number of rotatable bonds is 1. The van der Waals surface area contributed by atoms with Gasteiger partial charge in [0.15, 0.2) is 12.1 Å². The lowest BCUT2D eigenvalue weighted by Gasteiger charge is -2.44. The molecule has 9 heavy (non-hydrogen) atoms. The molecule has 1 rings (SSSR count). The number of hydrogen-bond donors (Lipinski definition) is 0. The third-order valence-corrected chi connectivity index (χ3v) is 1.34. The van der Waals surface area contributed by atoms with Gasteiger partial charge >= 0.3 is 0 Å². The molecule has 0 N–H and O–H groups in total. The zero-order valence-corrected chi connectivity index (χ0v) is 6.47. The van der Waals surface area contributed by atoms with Crippen molar-refractivity contribution in [3.05, 3.63) is 0 Å². The van der Waals surface area contributed by atoms with Crippen LogP contribution in [0.4, 0.5) is 0 Å². The zero-order chi connectivity index (χ0) is 7.07. The predicted molar refractivity (Wildman–Crippen MR) is 34.9 cm³/mol. The van der Waals surface area contributed by atoms with E-state index in [1.54, 1.807) is 0 Å². The molecular formula is C7H14O2. The molecule has 54 valence electrons. The molecule has 0 saturated carbocycles. The van der Waals surface area contributed by atoms with E-state index in [1.165, 1.54) is 0 Å². The Balaban J connectivity index is 2.27. The summed E-state index contributed by atoms with van der Waals surface area (Å²) in [5.74, 6) is 0.146. The molecule has 0 bridgehead atoms. The van der Waals surface area contributed by atoms with E-state index in [4.69, 9.17) is 9.47 Å². The smallest absolute Gasteiger partial charge is 0.169 e. The Morgan fingerprint density at radius 3 is 1.78 bits per heavy atom. The SMILES string of the molecule is CC(C)C1OC(C)(C)O1. The van der Waals surface area contributed by atoms with Crippen molar-refractivity contribution >= 4 is 0 Å². The summed E-state index contributed by atoms with van der Waals surface area (Å²) in [6.45, 7) is 8.01. The molecule has 1 aliphatic heterocycles. The van der Waals surface area contributed by atoms with Crippen molar-refractivity contribution in [2.45, 2.75) is 39.8 Å². The second-order valence-electron chi connectivity index (χ2n) is 3.25. The van der Waals surface area contributed by atoms with Crippen molar-refractivity contribution in [1.82, 2.24) is 0 Å². The van der Waals surface area contributed by atoms with E-state index in [9.17, 15) is 0 Å². The molecule has 1 saturated heterocycles. The molecule has 1 heterocycles. The molecule has 1 aliphatic rings. The molecule has 0 aromatic rings. The average Bonchev–Trinajstić information content (AvgIpc) is 1.59. The van der Waals surface area contributed by atoms with Crippen LogP contribution in [0.1, 0.15) is 27.7 Å². The first kappa shape index (κ1) is 7.03. The summed E-state index contributed by atoms with van der Waals surface area (Å²) >= 11 is 0. The van der Waals surface area contributed by atoms with Crippen LogP contribution in [0.3, 0.4) is 0 Å². The van der Waals surface area contributed by atoms with Gasteiger partial charge in [-0.25, -0.2) is 0 Å². The first-order valence-electron chi connectivity index (χ1n) is 3.37. The van der Waals surface area contributed by atoms with Crippen LogP contribution in [0.25, 0.3) is 0 Å². The summed E-state index contributed by atoms with van der Waals surface area (Å²) < 4.78 is 10.7. The summed E-state index contributed by atoms with van der Waals surface area (Å²) in [5.41, 5.74) is 0. The average molecular weight is 130 g/mol. The van der Waals surface area contributed by atoms with Gasteiger partial charge in [0.05, 0.1) is 0 Å². The standard InChI is InChI=1S/C7H14O2/c1-5(2)6-8-7(3,4)9-6/h5-6H,1-4H3. The minimum absolute atomic E-state index is 0.0278. The Hall–Kier alpha value is -0.0800. The molecular weight excluding hydrogens is 116 g/mol. The lowest BCUT2D eigenvalue weighted by Crippen LogP contribution is -2.51. The quantitative estimate of drug-likeness (QED) is 0.538. The van der Waals surface area contributed by atoms with E-state index < -0.39 is 0 Å². The minimum atomic E-state index is -0.324. The second kappa shape index (κ2) is 1.96. The van der Waals surface area contributed by atoms with Gasteiger partial charge in [0.2, 0.25) is 0 Å². The van der Waals surface area contributed by atoms with E-state index in [0.717, 1.165) is 0 Å². The molecule has 0 radical (unpaired) electrons. The van der Waals surface area contributed by atoms with E-state index >= 15 is 0 Å². The van der Waals surface area contributed by atoms with E-state index in [-0.39, 0.29) is 12.1 Å². The van der Waals surface area contributed by atoms with Gasteiger partial charge < -0.3 is 9.47 Å². The highest BCUT2D eigenvalue weighted by Gasteiger charge is 2.39. The topological polar surface area (TPSA) is 18.5 Å². The Labute approximate surface area is 56.2 Å². The van der Waals surface area contributed by atoms with Crippen molar-refractivity contribution in [3.63, 3.8) is 0 Å². The van der Waals surface area contributed by atoms with Crippen LogP contribution in [0, 0.1) is 5.92 Å². The molecule has 2 nitrogen and oxygen atoms in total. The van der Waals surface area contributed by atoms with Crippen LogP contribution < -0.4 is 0 Å². The molecule has 0 atom stereocenters. The van der Waals surface area contributed by atoms with Gasteiger partial charge in [-0.15, -0.1) is 0 Å². The van der Waals surface area contributed by atoms with E-state index in [2.05, 4.69) is 13.8 Å². The van der Waals surface area contributed by atoms with Gasteiger partial charge in [0.25, 0.3) is 0 Å². The molecule has 0 spiro atoms. The highest BCUT2D eigenvalue weighted by atomic mass is 16.9. The summed E-state index contributed by atoms with van der Waals surface area (Å²) in [6.07, 6.45) is 0.0278. The van der Waals surface area contributed by atoms with Gasteiger partial charge in [-0.05, 0) is 13.8 Å². The maximum Gasteiger partial charge on any atom is 0.169 e. The zero-order valence-electron chi connectivity index (χ0n) is 6.47. The van der Waals surface area contributed by atoms with E-state index in [1.807, 2.05) is 13.8 Å². The van der Waals surface area contributed by atoms with Crippen molar-refractivity contribution < 1.29 is 9.47 Å². The maximum absolute atomic E-state index is 5.37. The molecule has 0 aromatic heterocycles. The minimum Gasteiger partial charge on any atom is -0.321 e. The Morgan fingerprint density at radius 2 is 1.67 bits per heavy atom. The van der Waals surface area contributed by atoms with Gasteiger partial charge in [0, 0.05) is 5.92 Å². The summed E-state index contributed by atoms with van der Waals surface area (Å²) in [4.78, 5) is 0. The summed E-state index contributed by atoms with van der Waals surface area (Å²) in [6, 6.07) is 0. The Kier molecular flexibility index (Phi) is 1.53. The molecule has 0 aromatic carbocycles. The number of ether oxygens (including phenoxy) is 2. The van der Waals surface area contributed by atoms with Crippen molar-refractivity contribution in [2.75, 3.05) is 0 Å². The second-order valence-corrected chi connectivity index (χ2v) is 3.25. The summed E-state index contributed by atoms with van der Waals surface area (Å²) in [7, 11) is 0. The highest BCUT2D eigenvalue weighted by Crippen LogP contribution is 2.31. The fraction of sp³-hybridized carbons (Fsp3) is 1.00. The number of hydrogen-bond acceptors (Lipinski definition) is 2. The lowest BCUT2D eigenvalue weighted by molar-refractivity contribution is -0.447. The fourth-order valence-electron chi connectivity index (χ4n) is 0.840. The van der Waals surface area contributed by atoms with Crippen LogP contribution in [0.5, 0.6) is 0 Å². The first-order valence-corrected chi connectivity index (χ1v) is 3.37. The monoisotopic (exact) mass is 130 g/mol. The lowest BCUT2D eigenvalue weighted by atomic mass is 10.1. The third kappa shape index (κ3) is 1.43. The largest absolute Gasteiger partial charge is 0.321 e. The van der Waals surface area contributed by atoms with Crippen LogP contribution in [0.15, 0.2) is 0 Å². The fourth-order valence-corrected chi connectivity index (χ4v) is 0.840. The Bertz CT molecular complexity index is 99.5. The summed E-state index contributed by atoms with van der Waals surface area (Å²) in [5, 5.41) is 0. The van der Waals surface area contributed by atoms with Crippen LogP contribution >= 0.6 is 0 Å². The van der Waals surface area contributed by atoms with E-state index in [0.29, 0.717) is 5.92 Å². The van der Waals surface area contributed by atoms with Gasteiger partial charge in [-0.2, -0.15) is 0 Å². The first-order chi connectivity index (χ1) is 4.01. The van der Waals surface area contributed by atoms with Crippen molar-refractivity contribution in [1.29, 1.82) is 0 Å². The third-order valence-electron chi connectivity index (χ3n) is 1.34. The normalized spacial score (nSPS) is 26.3. The van der Waals surface area contributed by atoms with Crippen molar-refractivity contribution in [3.8, 4) is 0 Å². The van der Waals surface area contributed by atoms with Crippen molar-refractivity contribution in [2.24, 2.45) is 5.92 Å². The maximum atomic E-state index is 5.37. The van der Waals surface area contributed by atoms with Gasteiger partial charge in [-0.1, -0.05) is 13.8 Å². The molecule has 1 fully saturated rings. The predicted octanol–water partition coefficient (Wildman–Crippen LogP) is 1.75. The van der Waals surface area contributed by atoms with Gasteiger partial charge in [-0.3, -0.25) is 0 Å². The van der Waals surface area contributed by atoms with Gasteiger partial charge in [0.1, 0.15) is 0 Å². The molecule has 0 amide bonds. The Morgan fingerprint density at radius 1 is 1.22 bits per heavy atom. The molecule has 2 heteroatoms. The van der Waals surface area contributed by atoms with Crippen LogP contribution in [0.2, 0.25) is 0 Å². The molecule has 0 aliphatic carbocycles. The molecule has 0 unspecified atom stereocenters. The van der Waals surface area contributed by atoms with Crippen LogP contribution in [-0.2, 0) is 9.47 Å².